The first-order valence-electron chi connectivity index (χ1n) is 8.00. The Hall–Kier alpha value is -2.62. The van der Waals surface area contributed by atoms with Crippen LogP contribution in [0.1, 0.15) is 30.5 Å². The monoisotopic (exact) mass is 325 g/mol. The molecule has 1 fully saturated rings. The van der Waals surface area contributed by atoms with Gasteiger partial charge in [-0.05, 0) is 36.3 Å². The largest absolute Gasteiger partial charge is 0.434 e. The van der Waals surface area contributed by atoms with Crippen LogP contribution >= 0.6 is 0 Å². The molecule has 1 saturated heterocycles. The number of cyclic esters (lactones) is 1. The van der Waals surface area contributed by atoms with E-state index in [0.29, 0.717) is 13.0 Å². The Morgan fingerprint density at radius 2 is 1.88 bits per heavy atom. The number of halogens is 1. The number of ether oxygens (including phenoxy) is 1. The van der Waals surface area contributed by atoms with E-state index in [-0.39, 0.29) is 18.0 Å². The number of benzene rings is 2. The van der Waals surface area contributed by atoms with Crippen molar-refractivity contribution in [1.82, 2.24) is 4.90 Å². The van der Waals surface area contributed by atoms with Crippen LogP contribution in [0.4, 0.5) is 9.18 Å². The molecule has 24 heavy (non-hydrogen) atoms. The summed E-state index contributed by atoms with van der Waals surface area (Å²) in [5.41, 5.74) is 0.888. The summed E-state index contributed by atoms with van der Waals surface area (Å²) >= 11 is 0. The van der Waals surface area contributed by atoms with Crippen LogP contribution < -0.4 is 0 Å². The molecule has 1 heterocycles. The van der Waals surface area contributed by atoms with Crippen LogP contribution in [0, 0.1) is 5.82 Å². The molecule has 2 aromatic carbocycles. The van der Waals surface area contributed by atoms with Crippen LogP contribution in [0.5, 0.6) is 0 Å². The average Bonchev–Trinajstić information content (AvgIpc) is 2.62. The summed E-state index contributed by atoms with van der Waals surface area (Å²) in [7, 11) is 0. The number of amides is 1. The minimum Gasteiger partial charge on any atom is -0.434 e. The predicted molar refractivity (Wildman–Crippen MR) is 90.9 cm³/mol. The van der Waals surface area contributed by atoms with Crippen molar-refractivity contribution in [2.75, 3.05) is 6.54 Å². The van der Waals surface area contributed by atoms with Gasteiger partial charge in [0, 0.05) is 13.0 Å². The molecular formula is C20H20FNO2. The van der Waals surface area contributed by atoms with E-state index in [4.69, 9.17) is 4.74 Å². The van der Waals surface area contributed by atoms with Crippen LogP contribution in [-0.4, -0.2) is 17.5 Å². The number of hydrogen-bond donors (Lipinski definition) is 0. The number of nitrogens with zero attached hydrogens (tertiary/aromatic N) is 1. The van der Waals surface area contributed by atoms with Crippen LogP contribution in [0.25, 0.3) is 0 Å². The molecule has 0 N–H and O–H groups in total. The van der Waals surface area contributed by atoms with E-state index in [9.17, 15) is 9.18 Å². The second-order valence-corrected chi connectivity index (χ2v) is 6.00. The first-order valence-corrected chi connectivity index (χ1v) is 8.00. The molecule has 3 rings (SSSR count). The van der Waals surface area contributed by atoms with E-state index in [1.165, 1.54) is 12.1 Å². The van der Waals surface area contributed by atoms with Crippen LogP contribution in [0.3, 0.4) is 0 Å². The first-order chi connectivity index (χ1) is 11.6. The van der Waals surface area contributed by atoms with E-state index in [2.05, 4.69) is 6.58 Å². The molecule has 3 nitrogen and oxygen atoms in total. The molecule has 0 aliphatic carbocycles. The Labute approximate surface area is 141 Å². The molecule has 1 aliphatic heterocycles. The molecule has 2 atom stereocenters. The van der Waals surface area contributed by atoms with Gasteiger partial charge in [-0.2, -0.15) is 0 Å². The molecule has 124 valence electrons. The number of hydrogen-bond acceptors (Lipinski definition) is 2. The second-order valence-electron chi connectivity index (χ2n) is 6.00. The van der Waals surface area contributed by atoms with Gasteiger partial charge < -0.3 is 9.64 Å². The number of rotatable bonds is 4. The van der Waals surface area contributed by atoms with Crippen molar-refractivity contribution in [3.63, 3.8) is 0 Å². The zero-order valence-corrected chi connectivity index (χ0v) is 13.6. The van der Waals surface area contributed by atoms with Gasteiger partial charge in [-0.25, -0.2) is 9.18 Å². The minimum absolute atomic E-state index is 0.0743. The van der Waals surface area contributed by atoms with Gasteiger partial charge in [0.15, 0.2) is 5.60 Å². The Kier molecular flexibility index (Phi) is 4.38. The lowest BCUT2D eigenvalue weighted by Crippen LogP contribution is -2.47. The Bertz CT molecular complexity index is 729. The molecule has 2 unspecified atom stereocenters. The summed E-state index contributed by atoms with van der Waals surface area (Å²) < 4.78 is 18.9. The van der Waals surface area contributed by atoms with E-state index in [1.807, 2.05) is 37.3 Å². The van der Waals surface area contributed by atoms with Gasteiger partial charge in [-0.1, -0.05) is 49.0 Å². The molecule has 0 radical (unpaired) electrons. The Morgan fingerprint density at radius 3 is 2.46 bits per heavy atom. The Balaban J connectivity index is 1.82. The van der Waals surface area contributed by atoms with Crippen molar-refractivity contribution in [3.8, 4) is 0 Å². The Morgan fingerprint density at radius 1 is 1.21 bits per heavy atom. The maximum absolute atomic E-state index is 13.2. The van der Waals surface area contributed by atoms with Crippen molar-refractivity contribution in [2.24, 2.45) is 0 Å². The predicted octanol–water partition coefficient (Wildman–Crippen LogP) is 4.81. The average molecular weight is 325 g/mol. The summed E-state index contributed by atoms with van der Waals surface area (Å²) in [4.78, 5) is 14.3. The number of carbonyl (C=O) groups excluding carboxylic acids is 1. The zero-order valence-electron chi connectivity index (χ0n) is 13.6. The molecule has 0 aromatic heterocycles. The normalized spacial score (nSPS) is 21.9. The lowest BCUT2D eigenvalue weighted by molar-refractivity contribution is -0.0313. The lowest BCUT2D eigenvalue weighted by Gasteiger charge is -2.42. The molecule has 0 bridgehead atoms. The quantitative estimate of drug-likeness (QED) is 0.755. The maximum atomic E-state index is 13.2. The summed E-state index contributed by atoms with van der Waals surface area (Å²) in [6.45, 7) is 6.35. The van der Waals surface area contributed by atoms with Gasteiger partial charge in [0.1, 0.15) is 5.82 Å². The van der Waals surface area contributed by atoms with E-state index < -0.39 is 5.60 Å². The molecule has 2 aromatic rings. The number of carbonyl (C=O) groups is 1. The molecule has 1 aliphatic rings. The van der Waals surface area contributed by atoms with Gasteiger partial charge in [-0.15, -0.1) is 0 Å². The van der Waals surface area contributed by atoms with Crippen molar-refractivity contribution < 1.29 is 13.9 Å². The standard InChI is InChI=1S/C20H20FNO2/c1-3-20(17-9-11-18(21)12-10-17)13-14-22(19(23)24-20)15(2)16-7-5-4-6-8-16/h3-12,15H,1,13-14H2,2H3. The molecular weight excluding hydrogens is 305 g/mol. The highest BCUT2D eigenvalue weighted by molar-refractivity contribution is 5.70. The summed E-state index contributed by atoms with van der Waals surface area (Å²) in [6.07, 6.45) is 1.81. The third-order valence-corrected chi connectivity index (χ3v) is 4.64. The highest BCUT2D eigenvalue weighted by Gasteiger charge is 2.41. The maximum Gasteiger partial charge on any atom is 0.411 e. The van der Waals surface area contributed by atoms with Crippen LogP contribution in [0.15, 0.2) is 67.3 Å². The van der Waals surface area contributed by atoms with Crippen molar-refractivity contribution >= 4 is 6.09 Å². The van der Waals surface area contributed by atoms with E-state index >= 15 is 0 Å². The van der Waals surface area contributed by atoms with Gasteiger partial charge in [0.2, 0.25) is 0 Å². The van der Waals surface area contributed by atoms with Crippen molar-refractivity contribution in [1.29, 1.82) is 0 Å². The summed E-state index contributed by atoms with van der Waals surface area (Å²) in [6, 6.07) is 15.8. The van der Waals surface area contributed by atoms with Crippen LogP contribution in [0.2, 0.25) is 0 Å². The minimum atomic E-state index is -0.905. The summed E-state index contributed by atoms with van der Waals surface area (Å²) in [5.74, 6) is -0.320. The lowest BCUT2D eigenvalue weighted by atomic mass is 9.88. The fourth-order valence-corrected chi connectivity index (χ4v) is 3.10. The zero-order chi connectivity index (χ0) is 17.2. The third-order valence-electron chi connectivity index (χ3n) is 4.64. The van der Waals surface area contributed by atoms with E-state index in [1.54, 1.807) is 23.1 Å². The van der Waals surface area contributed by atoms with Gasteiger partial charge in [0.05, 0.1) is 6.04 Å². The SMILES string of the molecule is C=CC1(c2ccc(F)cc2)CCN(C(C)c2ccccc2)C(=O)O1. The molecule has 4 heteroatoms. The topological polar surface area (TPSA) is 29.5 Å². The molecule has 0 spiro atoms. The van der Waals surface area contributed by atoms with Crippen molar-refractivity contribution in [2.45, 2.75) is 25.0 Å². The highest BCUT2D eigenvalue weighted by Crippen LogP contribution is 2.37. The second kappa shape index (κ2) is 6.48. The van der Waals surface area contributed by atoms with Gasteiger partial charge in [0.25, 0.3) is 0 Å². The van der Waals surface area contributed by atoms with Gasteiger partial charge >= 0.3 is 6.09 Å². The van der Waals surface area contributed by atoms with Gasteiger partial charge in [-0.3, -0.25) is 0 Å². The first kappa shape index (κ1) is 16.2. The van der Waals surface area contributed by atoms with E-state index in [0.717, 1.165) is 11.1 Å². The van der Waals surface area contributed by atoms with Crippen molar-refractivity contribution in [3.05, 3.63) is 84.2 Å². The smallest absolute Gasteiger partial charge is 0.411 e. The fourth-order valence-electron chi connectivity index (χ4n) is 3.10. The fraction of sp³-hybridized carbons (Fsp3) is 0.250. The molecule has 0 saturated carbocycles. The third kappa shape index (κ3) is 2.92. The molecule has 1 amide bonds. The highest BCUT2D eigenvalue weighted by atomic mass is 19.1. The van der Waals surface area contributed by atoms with Crippen LogP contribution in [-0.2, 0) is 10.3 Å². The summed E-state index contributed by atoms with van der Waals surface area (Å²) in [5, 5.41) is 0.